The van der Waals surface area contributed by atoms with Crippen LogP contribution in [0.3, 0.4) is 0 Å². The summed E-state index contributed by atoms with van der Waals surface area (Å²) in [5, 5.41) is 11.4. The predicted octanol–water partition coefficient (Wildman–Crippen LogP) is 4.27. The van der Waals surface area contributed by atoms with Crippen LogP contribution < -0.4 is 10.7 Å². The van der Waals surface area contributed by atoms with E-state index in [-0.39, 0.29) is 11.7 Å². The number of thioether (sulfide) groups is 1. The number of fused-ring (bicyclic) bond motifs is 1. The number of nitrogens with zero attached hydrogens (tertiary/aromatic N) is 3. The lowest BCUT2D eigenvalue weighted by Crippen LogP contribution is -2.41. The normalized spacial score (nSPS) is 16.6. The first-order chi connectivity index (χ1) is 17.0. The molecule has 0 radical (unpaired) electrons. The first kappa shape index (κ1) is 22.6. The van der Waals surface area contributed by atoms with Crippen molar-refractivity contribution in [3.63, 3.8) is 0 Å². The lowest BCUT2D eigenvalue weighted by molar-refractivity contribution is -0.116. The Balaban J connectivity index is 1.50. The minimum Gasteiger partial charge on any atom is -0.465 e. The number of methoxy groups -OCH3 is 1. The minimum atomic E-state index is -0.635. The number of benzene rings is 3. The summed E-state index contributed by atoms with van der Waals surface area (Å²) in [5.74, 6) is -0.504. The molecule has 10 heteroatoms. The van der Waals surface area contributed by atoms with E-state index in [9.17, 15) is 14.0 Å². The van der Waals surface area contributed by atoms with Gasteiger partial charge in [0.2, 0.25) is 11.1 Å². The number of halogens is 1. The van der Waals surface area contributed by atoms with Crippen LogP contribution in [0.4, 0.5) is 10.1 Å². The van der Waals surface area contributed by atoms with Crippen molar-refractivity contribution in [3.8, 4) is 11.4 Å². The van der Waals surface area contributed by atoms with Gasteiger partial charge in [-0.1, -0.05) is 54.2 Å². The van der Waals surface area contributed by atoms with Gasteiger partial charge < -0.3 is 15.5 Å². The number of hydrogen-bond acceptors (Lipinski definition) is 7. The van der Waals surface area contributed by atoms with E-state index in [1.807, 2.05) is 30.3 Å². The summed E-state index contributed by atoms with van der Waals surface area (Å²) in [6.45, 7) is 0. The second-order valence-electron chi connectivity index (χ2n) is 7.76. The van der Waals surface area contributed by atoms with Crippen LogP contribution in [0.2, 0.25) is 0 Å². The summed E-state index contributed by atoms with van der Waals surface area (Å²) in [6, 6.07) is 21.6. The van der Waals surface area contributed by atoms with Gasteiger partial charge in [-0.3, -0.25) is 4.79 Å². The number of carbonyl (C=O) groups is 2. The molecule has 8 nitrogen and oxygen atoms in total. The number of aromatic nitrogens is 3. The maximum Gasteiger partial charge on any atom is 0.337 e. The fourth-order valence-electron chi connectivity index (χ4n) is 3.77. The van der Waals surface area contributed by atoms with Gasteiger partial charge in [-0.15, -0.1) is 10.2 Å². The van der Waals surface area contributed by atoms with E-state index in [2.05, 4.69) is 20.9 Å². The number of carbonyl (C=O) groups excluding carboxylic acids is 2. The van der Waals surface area contributed by atoms with Crippen LogP contribution >= 0.6 is 11.8 Å². The number of nitrogens with one attached hydrogen (secondary N) is 2. The highest BCUT2D eigenvalue weighted by Gasteiger charge is 2.38. The average Bonchev–Trinajstić information content (AvgIpc) is 3.32. The van der Waals surface area contributed by atoms with Gasteiger partial charge >= 0.3 is 5.97 Å². The Labute approximate surface area is 204 Å². The third-order valence-electron chi connectivity index (χ3n) is 5.53. The van der Waals surface area contributed by atoms with Gasteiger partial charge in [-0.05, 0) is 42.0 Å². The molecule has 1 aliphatic heterocycles. The Bertz CT molecular complexity index is 1360. The number of anilines is 1. The summed E-state index contributed by atoms with van der Waals surface area (Å²) in [4.78, 5) is 25.2. The lowest BCUT2D eigenvalue weighted by Gasteiger charge is -2.33. The zero-order valence-corrected chi connectivity index (χ0v) is 19.3. The molecule has 1 amide bonds. The smallest absolute Gasteiger partial charge is 0.337 e. The van der Waals surface area contributed by atoms with Gasteiger partial charge in [0.15, 0.2) is 5.82 Å². The molecule has 0 saturated heterocycles. The summed E-state index contributed by atoms with van der Waals surface area (Å²) in [6.07, 6.45) is 0. The molecule has 5 rings (SSSR count). The molecule has 2 atom stereocenters. The van der Waals surface area contributed by atoms with E-state index >= 15 is 0 Å². The number of rotatable bonds is 5. The Kier molecular flexibility index (Phi) is 6.19. The number of amides is 1. The molecule has 4 aromatic rings. The van der Waals surface area contributed by atoms with Gasteiger partial charge in [-0.25, -0.2) is 13.9 Å². The Morgan fingerprint density at radius 2 is 1.71 bits per heavy atom. The lowest BCUT2D eigenvalue weighted by atomic mass is 10.0. The fraction of sp³-hybridized carbons (Fsp3) is 0.120. The van der Waals surface area contributed by atoms with Gasteiger partial charge in [-0.2, -0.15) is 0 Å². The number of hydrogen-bond donors (Lipinski definition) is 2. The molecule has 1 aliphatic rings. The molecule has 0 fully saturated rings. The quantitative estimate of drug-likeness (QED) is 0.404. The van der Waals surface area contributed by atoms with E-state index < -0.39 is 17.3 Å². The van der Waals surface area contributed by atoms with Crippen LogP contribution in [0.15, 0.2) is 84.0 Å². The van der Waals surface area contributed by atoms with Crippen molar-refractivity contribution in [2.45, 2.75) is 16.4 Å². The standard InChI is InChI=1S/C25H20FN5O3S/c1-34-24(33)17-9-7-15(8-10-17)20-21(23(32)27-19-13-11-18(26)12-14-19)35-25-29-28-22(31(25)30-20)16-5-3-2-4-6-16/h2-14,20-21,30H,1H3,(H,27,32)/t20-,21+/m1/s1. The highest BCUT2D eigenvalue weighted by Crippen LogP contribution is 2.39. The molecule has 0 bridgehead atoms. The second-order valence-corrected chi connectivity index (χ2v) is 8.87. The van der Waals surface area contributed by atoms with Crippen molar-refractivity contribution in [3.05, 3.63) is 95.8 Å². The van der Waals surface area contributed by atoms with Crippen LogP contribution in [-0.2, 0) is 9.53 Å². The molecule has 3 aromatic carbocycles. The van der Waals surface area contributed by atoms with E-state index in [1.54, 1.807) is 28.9 Å². The van der Waals surface area contributed by atoms with Crippen LogP contribution in [0.5, 0.6) is 0 Å². The molecule has 2 N–H and O–H groups in total. The second kappa shape index (κ2) is 9.59. The molecule has 176 valence electrons. The third kappa shape index (κ3) is 4.60. The van der Waals surface area contributed by atoms with Gasteiger partial charge in [0.05, 0.1) is 18.7 Å². The van der Waals surface area contributed by atoms with E-state index in [4.69, 9.17) is 4.74 Å². The number of ether oxygens (including phenoxy) is 1. The maximum atomic E-state index is 13.3. The van der Waals surface area contributed by atoms with Crippen molar-refractivity contribution in [1.29, 1.82) is 0 Å². The minimum absolute atomic E-state index is 0.285. The average molecular weight is 490 g/mol. The van der Waals surface area contributed by atoms with Crippen LogP contribution in [-0.4, -0.2) is 39.1 Å². The molecule has 0 aliphatic carbocycles. The van der Waals surface area contributed by atoms with Crippen LogP contribution in [0, 0.1) is 5.82 Å². The summed E-state index contributed by atoms with van der Waals surface area (Å²) >= 11 is 1.27. The number of esters is 1. The molecule has 0 unspecified atom stereocenters. The van der Waals surface area contributed by atoms with Gasteiger partial charge in [0, 0.05) is 11.3 Å². The third-order valence-corrected chi connectivity index (χ3v) is 6.74. The van der Waals surface area contributed by atoms with E-state index in [0.717, 1.165) is 11.1 Å². The van der Waals surface area contributed by atoms with Crippen molar-refractivity contribution in [1.82, 2.24) is 14.9 Å². The van der Waals surface area contributed by atoms with Crippen molar-refractivity contribution < 1.29 is 18.7 Å². The van der Waals surface area contributed by atoms with Crippen molar-refractivity contribution in [2.24, 2.45) is 0 Å². The molecule has 1 aromatic heterocycles. The van der Waals surface area contributed by atoms with Gasteiger partial charge in [0.25, 0.3) is 0 Å². The van der Waals surface area contributed by atoms with Crippen LogP contribution in [0.25, 0.3) is 11.4 Å². The SMILES string of the molecule is COC(=O)c1ccc([C@H]2Nn3c(nnc3-c3ccccc3)S[C@@H]2C(=O)Nc2ccc(F)cc2)cc1. The molecule has 0 saturated carbocycles. The molecule has 2 heterocycles. The predicted molar refractivity (Wildman–Crippen MR) is 130 cm³/mol. The highest BCUT2D eigenvalue weighted by molar-refractivity contribution is 8.00. The summed E-state index contributed by atoms with van der Waals surface area (Å²) in [7, 11) is 1.32. The molecular weight excluding hydrogens is 469 g/mol. The highest BCUT2D eigenvalue weighted by atomic mass is 32.2. The maximum absolute atomic E-state index is 13.3. The Morgan fingerprint density at radius 3 is 2.40 bits per heavy atom. The first-order valence-corrected chi connectivity index (χ1v) is 11.6. The molecular formula is C25H20FN5O3S. The van der Waals surface area contributed by atoms with Crippen LogP contribution in [0.1, 0.15) is 22.0 Å². The zero-order chi connectivity index (χ0) is 24.4. The fourth-order valence-corrected chi connectivity index (χ4v) is 4.85. The zero-order valence-electron chi connectivity index (χ0n) is 18.5. The van der Waals surface area contributed by atoms with Crippen molar-refractivity contribution in [2.75, 3.05) is 17.9 Å². The summed E-state index contributed by atoms with van der Waals surface area (Å²) in [5.41, 5.74) is 5.92. The monoisotopic (exact) mass is 489 g/mol. The molecule has 0 spiro atoms. The summed E-state index contributed by atoms with van der Waals surface area (Å²) < 4.78 is 19.9. The first-order valence-electron chi connectivity index (χ1n) is 10.7. The largest absolute Gasteiger partial charge is 0.465 e. The van der Waals surface area contributed by atoms with Gasteiger partial charge in [0.1, 0.15) is 11.1 Å². The van der Waals surface area contributed by atoms with E-state index in [1.165, 1.54) is 43.1 Å². The Morgan fingerprint density at radius 1 is 1.00 bits per heavy atom. The van der Waals surface area contributed by atoms with Crippen molar-refractivity contribution >= 4 is 29.3 Å². The molecule has 35 heavy (non-hydrogen) atoms. The Hall–Kier alpha value is -4.18. The topological polar surface area (TPSA) is 98.1 Å². The van der Waals surface area contributed by atoms with E-state index in [0.29, 0.717) is 22.2 Å².